The highest BCUT2D eigenvalue weighted by molar-refractivity contribution is 7.80. The van der Waals surface area contributed by atoms with E-state index in [1.165, 1.54) is 0 Å². The van der Waals surface area contributed by atoms with Gasteiger partial charge in [0, 0.05) is 17.3 Å². The van der Waals surface area contributed by atoms with Crippen LogP contribution in [0.25, 0.3) is 0 Å². The Hall–Kier alpha value is -1.53. The van der Waals surface area contributed by atoms with Crippen LogP contribution in [0, 0.1) is 6.92 Å². The molecule has 0 radical (unpaired) electrons. The third-order valence-corrected chi connectivity index (χ3v) is 4.01. The van der Waals surface area contributed by atoms with Crippen LogP contribution in [-0.4, -0.2) is 15.0 Å². The third-order valence-electron chi connectivity index (χ3n) is 2.70. The lowest BCUT2D eigenvalue weighted by Crippen LogP contribution is -2.30. The molecule has 0 spiro atoms. The summed E-state index contributed by atoms with van der Waals surface area (Å²) < 4.78 is 0. The second kappa shape index (κ2) is 5.22. The first-order chi connectivity index (χ1) is 8.90. The number of anilines is 1. The van der Waals surface area contributed by atoms with Crippen molar-refractivity contribution in [1.82, 2.24) is 9.97 Å². The molecule has 0 amide bonds. The maximum absolute atomic E-state index is 5.74. The molecule has 2 heterocycles. The lowest BCUT2D eigenvalue weighted by molar-refractivity contribution is 0.600. The fraction of sp³-hybridized carbons (Fsp3) is 0.308. The van der Waals surface area contributed by atoms with Crippen molar-refractivity contribution in [3.63, 3.8) is 0 Å². The molecule has 2 aromatic heterocycles. The van der Waals surface area contributed by atoms with Crippen LogP contribution in [0.3, 0.4) is 0 Å². The number of thiocarbonyl (C=S) groups is 1. The SMILES string of the molecule is Cc1ccc(C(N)=S)c(NC(C)(C)c2nccs2)n1. The zero-order chi connectivity index (χ0) is 14.0. The van der Waals surface area contributed by atoms with Gasteiger partial charge in [-0.1, -0.05) is 12.2 Å². The van der Waals surface area contributed by atoms with E-state index in [2.05, 4.69) is 29.1 Å². The molecule has 0 aliphatic rings. The van der Waals surface area contributed by atoms with Gasteiger partial charge in [0.2, 0.25) is 0 Å². The molecule has 0 unspecified atom stereocenters. The number of rotatable bonds is 4. The topological polar surface area (TPSA) is 63.8 Å². The van der Waals surface area contributed by atoms with E-state index in [1.54, 1.807) is 17.5 Å². The van der Waals surface area contributed by atoms with E-state index in [4.69, 9.17) is 18.0 Å². The van der Waals surface area contributed by atoms with Crippen LogP contribution in [-0.2, 0) is 5.54 Å². The first kappa shape index (κ1) is 13.9. The van der Waals surface area contributed by atoms with Gasteiger partial charge in [-0.2, -0.15) is 0 Å². The molecule has 19 heavy (non-hydrogen) atoms. The molecular formula is C13H16N4S2. The quantitative estimate of drug-likeness (QED) is 0.848. The molecule has 4 nitrogen and oxygen atoms in total. The van der Waals surface area contributed by atoms with Crippen molar-refractivity contribution >= 4 is 34.4 Å². The number of aromatic nitrogens is 2. The average Bonchev–Trinajstić information content (AvgIpc) is 2.81. The number of nitrogens with zero attached hydrogens (tertiary/aromatic N) is 2. The molecule has 0 fully saturated rings. The Balaban J connectivity index is 2.38. The molecule has 0 aliphatic carbocycles. The number of pyridine rings is 1. The van der Waals surface area contributed by atoms with Gasteiger partial charge < -0.3 is 11.1 Å². The van der Waals surface area contributed by atoms with Gasteiger partial charge in [-0.15, -0.1) is 11.3 Å². The first-order valence-corrected chi connectivity index (χ1v) is 7.14. The zero-order valence-electron chi connectivity index (χ0n) is 11.1. The Morgan fingerprint density at radius 3 is 2.74 bits per heavy atom. The second-order valence-electron chi connectivity index (χ2n) is 4.80. The minimum absolute atomic E-state index is 0.325. The summed E-state index contributed by atoms with van der Waals surface area (Å²) in [6.45, 7) is 6.04. The van der Waals surface area contributed by atoms with Crippen molar-refractivity contribution in [1.29, 1.82) is 0 Å². The summed E-state index contributed by atoms with van der Waals surface area (Å²) in [5.41, 5.74) is 7.08. The Morgan fingerprint density at radius 2 is 2.16 bits per heavy atom. The summed E-state index contributed by atoms with van der Waals surface area (Å²) >= 11 is 6.67. The molecule has 6 heteroatoms. The van der Waals surface area contributed by atoms with Gasteiger partial charge in [-0.25, -0.2) is 9.97 Å². The fourth-order valence-electron chi connectivity index (χ4n) is 1.73. The molecule has 0 bridgehead atoms. The van der Waals surface area contributed by atoms with Crippen molar-refractivity contribution in [2.45, 2.75) is 26.3 Å². The van der Waals surface area contributed by atoms with E-state index in [1.807, 2.05) is 24.4 Å². The molecule has 0 aliphatic heterocycles. The standard InChI is InChI=1S/C13H16N4S2/c1-8-4-5-9(10(14)18)11(16-8)17-13(2,3)12-15-6-7-19-12/h4-7H,1-3H3,(H2,14,18)(H,16,17). The molecule has 100 valence electrons. The van der Waals surface area contributed by atoms with E-state index in [0.29, 0.717) is 10.8 Å². The average molecular weight is 292 g/mol. The highest BCUT2D eigenvalue weighted by Crippen LogP contribution is 2.28. The van der Waals surface area contributed by atoms with Crippen LogP contribution in [0.2, 0.25) is 0 Å². The van der Waals surface area contributed by atoms with Gasteiger partial charge in [0.15, 0.2) is 0 Å². The molecule has 0 aromatic carbocycles. The largest absolute Gasteiger partial charge is 0.389 e. The van der Waals surface area contributed by atoms with Gasteiger partial charge in [0.05, 0.1) is 11.1 Å². The monoisotopic (exact) mass is 292 g/mol. The van der Waals surface area contributed by atoms with E-state index < -0.39 is 0 Å². The summed E-state index contributed by atoms with van der Waals surface area (Å²) in [5.74, 6) is 0.702. The molecule has 2 aromatic rings. The first-order valence-electron chi connectivity index (χ1n) is 5.86. The molecule has 3 N–H and O–H groups in total. The summed E-state index contributed by atoms with van der Waals surface area (Å²) in [6.07, 6.45) is 1.79. The summed E-state index contributed by atoms with van der Waals surface area (Å²) in [4.78, 5) is 9.17. The van der Waals surface area contributed by atoms with E-state index in [9.17, 15) is 0 Å². The number of hydrogen-bond acceptors (Lipinski definition) is 5. The van der Waals surface area contributed by atoms with E-state index >= 15 is 0 Å². The molecule has 0 atom stereocenters. The highest BCUT2D eigenvalue weighted by atomic mass is 32.1. The number of aryl methyl sites for hydroxylation is 1. The van der Waals surface area contributed by atoms with Crippen LogP contribution < -0.4 is 11.1 Å². The van der Waals surface area contributed by atoms with Crippen LogP contribution in [0.5, 0.6) is 0 Å². The Morgan fingerprint density at radius 1 is 1.42 bits per heavy atom. The maximum atomic E-state index is 5.74. The van der Waals surface area contributed by atoms with Crippen molar-refractivity contribution in [2.24, 2.45) is 5.73 Å². The normalized spacial score (nSPS) is 11.3. The molecule has 2 rings (SSSR count). The van der Waals surface area contributed by atoms with Gasteiger partial charge in [0.1, 0.15) is 15.8 Å². The lowest BCUT2D eigenvalue weighted by atomic mass is 10.1. The number of thiazole rings is 1. The van der Waals surface area contributed by atoms with Gasteiger partial charge in [0.25, 0.3) is 0 Å². The van der Waals surface area contributed by atoms with Crippen molar-refractivity contribution in [3.05, 3.63) is 40.0 Å². The van der Waals surface area contributed by atoms with Crippen LogP contribution in [0.4, 0.5) is 5.82 Å². The highest BCUT2D eigenvalue weighted by Gasteiger charge is 2.25. The minimum atomic E-state index is -0.325. The number of hydrogen-bond donors (Lipinski definition) is 2. The maximum Gasteiger partial charge on any atom is 0.137 e. The molecule has 0 saturated carbocycles. The molecule has 0 saturated heterocycles. The summed E-state index contributed by atoms with van der Waals surface area (Å²) in [5, 5.41) is 6.33. The van der Waals surface area contributed by atoms with Gasteiger partial charge in [-0.3, -0.25) is 0 Å². The summed E-state index contributed by atoms with van der Waals surface area (Å²) in [6, 6.07) is 3.79. The number of nitrogens with one attached hydrogen (secondary N) is 1. The van der Waals surface area contributed by atoms with E-state index in [-0.39, 0.29) is 5.54 Å². The summed E-state index contributed by atoms with van der Waals surface area (Å²) in [7, 11) is 0. The van der Waals surface area contributed by atoms with Crippen molar-refractivity contribution in [2.75, 3.05) is 5.32 Å². The lowest BCUT2D eigenvalue weighted by Gasteiger charge is -2.26. The van der Waals surface area contributed by atoms with Crippen LogP contribution in [0.1, 0.15) is 30.1 Å². The predicted molar refractivity (Wildman–Crippen MR) is 83.6 cm³/mol. The third kappa shape index (κ3) is 3.08. The minimum Gasteiger partial charge on any atom is -0.389 e. The Kier molecular flexibility index (Phi) is 3.82. The Labute approximate surface area is 122 Å². The smallest absolute Gasteiger partial charge is 0.137 e. The second-order valence-corrected chi connectivity index (χ2v) is 6.13. The Bertz CT molecular complexity index is 591. The van der Waals surface area contributed by atoms with Crippen LogP contribution >= 0.6 is 23.6 Å². The molecular weight excluding hydrogens is 276 g/mol. The van der Waals surface area contributed by atoms with Crippen molar-refractivity contribution in [3.8, 4) is 0 Å². The van der Waals surface area contributed by atoms with Gasteiger partial charge >= 0.3 is 0 Å². The zero-order valence-corrected chi connectivity index (χ0v) is 12.7. The van der Waals surface area contributed by atoms with Crippen molar-refractivity contribution < 1.29 is 0 Å². The number of nitrogens with two attached hydrogens (primary N) is 1. The predicted octanol–water partition coefficient (Wildman–Crippen LogP) is 2.83. The fourth-order valence-corrected chi connectivity index (χ4v) is 2.62. The van der Waals surface area contributed by atoms with Crippen LogP contribution in [0.15, 0.2) is 23.7 Å². The van der Waals surface area contributed by atoms with E-state index in [0.717, 1.165) is 16.3 Å². The van der Waals surface area contributed by atoms with Gasteiger partial charge in [-0.05, 0) is 32.9 Å².